The van der Waals surface area contributed by atoms with Crippen LogP contribution in [-0.2, 0) is 6.42 Å². The Labute approximate surface area is 97.5 Å². The number of benzene rings is 1. The lowest BCUT2D eigenvalue weighted by Crippen LogP contribution is -2.12. The van der Waals surface area contributed by atoms with Crippen LogP contribution in [0, 0.1) is 17.2 Å². The van der Waals surface area contributed by atoms with Crippen LogP contribution in [0.2, 0.25) is 0 Å². The summed E-state index contributed by atoms with van der Waals surface area (Å²) in [5.41, 5.74) is 2.04. The zero-order valence-corrected chi connectivity index (χ0v) is 9.98. The number of nitriles is 1. The molecule has 2 heteroatoms. The van der Waals surface area contributed by atoms with E-state index < -0.39 is 6.10 Å². The van der Waals surface area contributed by atoms with Crippen molar-refractivity contribution in [3.05, 3.63) is 35.4 Å². The molecule has 2 nitrogen and oxygen atoms in total. The van der Waals surface area contributed by atoms with E-state index in [1.165, 1.54) is 0 Å². The summed E-state index contributed by atoms with van der Waals surface area (Å²) in [7, 11) is 0. The lowest BCUT2D eigenvalue weighted by Gasteiger charge is -2.19. The van der Waals surface area contributed by atoms with Crippen molar-refractivity contribution in [2.75, 3.05) is 0 Å². The molecule has 1 aromatic carbocycles. The molecule has 0 saturated carbocycles. The molecule has 1 N–H and O–H groups in total. The van der Waals surface area contributed by atoms with Crippen molar-refractivity contribution >= 4 is 0 Å². The molecule has 2 atom stereocenters. The Hall–Kier alpha value is -1.33. The highest BCUT2D eigenvalue weighted by atomic mass is 16.3. The van der Waals surface area contributed by atoms with Gasteiger partial charge in [0.15, 0.2) is 0 Å². The fraction of sp³-hybridized carbons (Fsp3) is 0.500. The third-order valence-electron chi connectivity index (χ3n) is 2.90. The number of aliphatic hydroxyl groups is 1. The molecule has 0 spiro atoms. The molecule has 86 valence electrons. The molecule has 0 amide bonds. The SMILES string of the molecule is CCCC(C#N)C(O)c1ccccc1CC. The molecule has 0 aliphatic carbocycles. The van der Waals surface area contributed by atoms with Gasteiger partial charge in [-0.05, 0) is 24.0 Å². The Morgan fingerprint density at radius 1 is 1.31 bits per heavy atom. The molecule has 0 saturated heterocycles. The Bertz CT molecular complexity index is 367. The van der Waals surface area contributed by atoms with Crippen LogP contribution in [0.25, 0.3) is 0 Å². The molecule has 16 heavy (non-hydrogen) atoms. The molecule has 0 bridgehead atoms. The second-order valence-corrected chi connectivity index (χ2v) is 4.02. The Morgan fingerprint density at radius 2 is 2.00 bits per heavy atom. The summed E-state index contributed by atoms with van der Waals surface area (Å²) in [5, 5.41) is 19.2. The number of rotatable bonds is 5. The van der Waals surface area contributed by atoms with Crippen molar-refractivity contribution in [1.82, 2.24) is 0 Å². The fourth-order valence-electron chi connectivity index (χ4n) is 1.97. The standard InChI is InChI=1S/C14H19NO/c1-3-7-12(10-15)14(16)13-9-6-5-8-11(13)4-2/h5-6,8-9,12,14,16H,3-4,7H2,1-2H3. The summed E-state index contributed by atoms with van der Waals surface area (Å²) in [6, 6.07) is 10.0. The minimum atomic E-state index is -0.652. The van der Waals surface area contributed by atoms with E-state index >= 15 is 0 Å². The summed E-state index contributed by atoms with van der Waals surface area (Å²) in [6.07, 6.45) is 1.90. The van der Waals surface area contributed by atoms with Gasteiger partial charge in [0.25, 0.3) is 0 Å². The minimum absolute atomic E-state index is 0.294. The Kier molecular flexibility index (Phi) is 5.01. The first-order valence-corrected chi connectivity index (χ1v) is 5.90. The summed E-state index contributed by atoms with van der Waals surface area (Å²) >= 11 is 0. The Morgan fingerprint density at radius 3 is 2.56 bits per heavy atom. The van der Waals surface area contributed by atoms with E-state index in [4.69, 9.17) is 5.26 Å². The maximum atomic E-state index is 10.2. The van der Waals surface area contributed by atoms with Crippen LogP contribution in [0.4, 0.5) is 0 Å². The van der Waals surface area contributed by atoms with Gasteiger partial charge < -0.3 is 5.11 Å². The van der Waals surface area contributed by atoms with Crippen LogP contribution in [-0.4, -0.2) is 5.11 Å². The van der Waals surface area contributed by atoms with Crippen LogP contribution in [0.15, 0.2) is 24.3 Å². The van der Waals surface area contributed by atoms with Crippen molar-refractivity contribution in [2.24, 2.45) is 5.92 Å². The molecule has 2 unspecified atom stereocenters. The maximum absolute atomic E-state index is 10.2. The van der Waals surface area contributed by atoms with E-state index in [9.17, 15) is 5.11 Å². The second kappa shape index (κ2) is 6.30. The zero-order valence-electron chi connectivity index (χ0n) is 9.98. The van der Waals surface area contributed by atoms with Crippen LogP contribution < -0.4 is 0 Å². The first-order valence-electron chi connectivity index (χ1n) is 5.90. The number of aliphatic hydroxyl groups excluding tert-OH is 1. The molecule has 1 aromatic rings. The molecular formula is C14H19NO. The van der Waals surface area contributed by atoms with Crippen LogP contribution in [0.3, 0.4) is 0 Å². The number of hydrogen-bond donors (Lipinski definition) is 1. The van der Waals surface area contributed by atoms with Gasteiger partial charge in [-0.2, -0.15) is 5.26 Å². The molecule has 0 aromatic heterocycles. The van der Waals surface area contributed by atoms with Gasteiger partial charge in [-0.1, -0.05) is 44.5 Å². The van der Waals surface area contributed by atoms with Gasteiger partial charge in [0.05, 0.1) is 18.1 Å². The normalized spacial score (nSPS) is 14.1. The zero-order chi connectivity index (χ0) is 12.0. The number of aryl methyl sites for hydroxylation is 1. The molecule has 0 radical (unpaired) electrons. The van der Waals surface area contributed by atoms with Gasteiger partial charge in [-0.15, -0.1) is 0 Å². The largest absolute Gasteiger partial charge is 0.387 e. The summed E-state index contributed by atoms with van der Waals surface area (Å²) in [4.78, 5) is 0. The van der Waals surface area contributed by atoms with E-state index in [1.54, 1.807) is 0 Å². The first kappa shape index (κ1) is 12.7. The van der Waals surface area contributed by atoms with Crippen LogP contribution in [0.5, 0.6) is 0 Å². The summed E-state index contributed by atoms with van der Waals surface area (Å²) in [5.74, 6) is -0.294. The molecule has 1 rings (SSSR count). The van der Waals surface area contributed by atoms with Gasteiger partial charge in [-0.3, -0.25) is 0 Å². The van der Waals surface area contributed by atoms with Crippen LogP contribution >= 0.6 is 0 Å². The lowest BCUT2D eigenvalue weighted by molar-refractivity contribution is 0.129. The van der Waals surface area contributed by atoms with Crippen LogP contribution in [0.1, 0.15) is 43.9 Å². The molecule has 0 heterocycles. The topological polar surface area (TPSA) is 44.0 Å². The number of hydrogen-bond acceptors (Lipinski definition) is 2. The predicted molar refractivity (Wildman–Crippen MR) is 64.8 cm³/mol. The quantitative estimate of drug-likeness (QED) is 0.823. The fourth-order valence-corrected chi connectivity index (χ4v) is 1.97. The molecular weight excluding hydrogens is 198 g/mol. The third kappa shape index (κ3) is 2.84. The van der Waals surface area contributed by atoms with E-state index in [0.717, 1.165) is 30.4 Å². The van der Waals surface area contributed by atoms with Crippen molar-refractivity contribution in [3.63, 3.8) is 0 Å². The van der Waals surface area contributed by atoms with Crippen molar-refractivity contribution in [1.29, 1.82) is 5.26 Å². The predicted octanol–water partition coefficient (Wildman–Crippen LogP) is 3.22. The van der Waals surface area contributed by atoms with E-state index in [-0.39, 0.29) is 5.92 Å². The summed E-state index contributed by atoms with van der Waals surface area (Å²) < 4.78 is 0. The minimum Gasteiger partial charge on any atom is -0.387 e. The average molecular weight is 217 g/mol. The van der Waals surface area contributed by atoms with E-state index in [0.29, 0.717) is 0 Å². The van der Waals surface area contributed by atoms with Crippen molar-refractivity contribution in [2.45, 2.75) is 39.2 Å². The molecule has 0 aliphatic rings. The van der Waals surface area contributed by atoms with Gasteiger partial charge in [-0.25, -0.2) is 0 Å². The highest BCUT2D eigenvalue weighted by molar-refractivity contribution is 5.30. The first-order chi connectivity index (χ1) is 7.74. The molecule has 0 aliphatic heterocycles. The average Bonchev–Trinajstić information content (AvgIpc) is 2.35. The van der Waals surface area contributed by atoms with Gasteiger partial charge in [0, 0.05) is 0 Å². The smallest absolute Gasteiger partial charge is 0.0950 e. The van der Waals surface area contributed by atoms with E-state index in [1.807, 2.05) is 31.2 Å². The highest BCUT2D eigenvalue weighted by Crippen LogP contribution is 2.27. The number of nitrogens with zero attached hydrogens (tertiary/aromatic N) is 1. The Balaban J connectivity index is 2.94. The van der Waals surface area contributed by atoms with Gasteiger partial charge >= 0.3 is 0 Å². The van der Waals surface area contributed by atoms with Gasteiger partial charge in [0.1, 0.15) is 0 Å². The third-order valence-corrected chi connectivity index (χ3v) is 2.90. The lowest BCUT2D eigenvalue weighted by atomic mass is 9.90. The summed E-state index contributed by atoms with van der Waals surface area (Å²) in [6.45, 7) is 4.09. The highest BCUT2D eigenvalue weighted by Gasteiger charge is 2.21. The second-order valence-electron chi connectivity index (χ2n) is 4.02. The van der Waals surface area contributed by atoms with E-state index in [2.05, 4.69) is 13.0 Å². The molecule has 0 fully saturated rings. The maximum Gasteiger partial charge on any atom is 0.0950 e. The van der Waals surface area contributed by atoms with Crippen molar-refractivity contribution < 1.29 is 5.11 Å². The van der Waals surface area contributed by atoms with Gasteiger partial charge in [0.2, 0.25) is 0 Å². The van der Waals surface area contributed by atoms with Crippen molar-refractivity contribution in [3.8, 4) is 6.07 Å². The monoisotopic (exact) mass is 217 g/mol.